The van der Waals surface area contributed by atoms with Crippen molar-refractivity contribution in [2.24, 2.45) is 0 Å². The summed E-state index contributed by atoms with van der Waals surface area (Å²) in [5.41, 5.74) is 4.22. The van der Waals surface area contributed by atoms with Crippen LogP contribution in [0.5, 0.6) is 23.0 Å². The number of aromatic hydroxyl groups is 4. The molecule has 4 unspecified atom stereocenters. The van der Waals surface area contributed by atoms with E-state index in [4.69, 9.17) is 20.4 Å². The maximum absolute atomic E-state index is 9.97. The second kappa shape index (κ2) is 28.3. The first-order valence-electron chi connectivity index (χ1n) is 22.8. The molecule has 0 fully saturated rings. The Bertz CT molecular complexity index is 1780. The van der Waals surface area contributed by atoms with E-state index in [1.165, 1.54) is 24.3 Å². The number of β-amino-alcohol motifs (C(OH)–C–C–N with tert-alkyl or cyclic N) is 4. The normalized spacial score (nSPS) is 13.7. The van der Waals surface area contributed by atoms with Crippen LogP contribution in [0.4, 0.5) is 0 Å². The summed E-state index contributed by atoms with van der Waals surface area (Å²) in [6, 6.07) is 19.0. The van der Waals surface area contributed by atoms with Crippen LogP contribution in [0, 0.1) is 0 Å². The minimum Gasteiger partial charge on any atom is -0.508 e. The second-order valence-corrected chi connectivity index (χ2v) is 20.8. The number of benzene rings is 4. The van der Waals surface area contributed by atoms with Gasteiger partial charge in [-0.3, -0.25) is 0 Å². The third kappa shape index (κ3) is 24.8. The lowest BCUT2D eigenvalue weighted by atomic mass is 10.0. The van der Waals surface area contributed by atoms with Crippen molar-refractivity contribution >= 4 is 0 Å². The van der Waals surface area contributed by atoms with Gasteiger partial charge in [0.2, 0.25) is 0 Å². The maximum atomic E-state index is 9.97. The molecule has 4 rings (SSSR count). The van der Waals surface area contributed by atoms with Crippen molar-refractivity contribution in [2.45, 2.75) is 156 Å². The van der Waals surface area contributed by atoms with Gasteiger partial charge < -0.3 is 82.5 Å². The first-order chi connectivity index (χ1) is 31.3. The molecule has 0 aliphatic rings. The molecule has 4 aromatic rings. The highest BCUT2D eigenvalue weighted by Crippen LogP contribution is 2.26. The van der Waals surface area contributed by atoms with Gasteiger partial charge in [-0.25, -0.2) is 0 Å². The van der Waals surface area contributed by atoms with E-state index in [0.717, 1.165) is 0 Å². The number of aliphatic hydroxyl groups excluding tert-OH is 8. The zero-order chi connectivity index (χ0) is 52.2. The zero-order valence-corrected chi connectivity index (χ0v) is 42.3. The molecule has 4 aromatic carbocycles. The number of aliphatic hydroxyl groups is 8. The first-order valence-corrected chi connectivity index (χ1v) is 22.8. The van der Waals surface area contributed by atoms with E-state index >= 15 is 0 Å². The summed E-state index contributed by atoms with van der Waals surface area (Å²) in [6.07, 6.45) is -2.61. The van der Waals surface area contributed by atoms with Crippen molar-refractivity contribution in [1.29, 1.82) is 0 Å². The Morgan fingerprint density at radius 3 is 0.618 bits per heavy atom. The van der Waals surface area contributed by atoms with E-state index in [9.17, 15) is 40.9 Å². The molecular weight excluding hydrogens is 873 g/mol. The van der Waals surface area contributed by atoms with Gasteiger partial charge in [0.15, 0.2) is 0 Å². The van der Waals surface area contributed by atoms with Gasteiger partial charge in [-0.1, -0.05) is 24.3 Å². The van der Waals surface area contributed by atoms with Crippen LogP contribution in [0.1, 0.15) is 152 Å². The molecule has 0 aromatic heterocycles. The van der Waals surface area contributed by atoms with Gasteiger partial charge in [0, 0.05) is 70.6 Å². The highest BCUT2D eigenvalue weighted by Gasteiger charge is 2.18. The molecule has 16 N–H and O–H groups in total. The molecule has 4 atom stereocenters. The SMILES string of the molecule is CC(C)(C)NCC(O)c1ccc(O)c(CO)c1.CC(C)(C)NCC(O)c1ccc(O)c(CO)c1.CC(C)(C)NCC(O)c1ccc(O)c(CO)c1.CC(C)(C)NCC(O)c1ccc(O)c(CO)c1. The Balaban J connectivity index is 0.000000453. The second-order valence-electron chi connectivity index (χ2n) is 20.8. The molecule has 0 saturated heterocycles. The molecule has 0 heterocycles. The summed E-state index contributed by atoms with van der Waals surface area (Å²) in [4.78, 5) is 0. The highest BCUT2D eigenvalue weighted by atomic mass is 16.3. The van der Waals surface area contributed by atoms with Crippen LogP contribution in [0.15, 0.2) is 72.8 Å². The van der Waals surface area contributed by atoms with Crippen LogP contribution in [0.25, 0.3) is 0 Å². The van der Waals surface area contributed by atoms with Crippen LogP contribution in [0.2, 0.25) is 0 Å². The number of phenols is 4. The summed E-state index contributed by atoms with van der Waals surface area (Å²) < 4.78 is 0. The molecule has 0 bridgehead atoms. The van der Waals surface area contributed by atoms with Crippen LogP contribution >= 0.6 is 0 Å². The van der Waals surface area contributed by atoms with Crippen LogP contribution < -0.4 is 21.3 Å². The molecule has 0 amide bonds. The van der Waals surface area contributed by atoms with Crippen molar-refractivity contribution in [2.75, 3.05) is 26.2 Å². The first kappa shape index (κ1) is 61.6. The lowest BCUT2D eigenvalue weighted by molar-refractivity contribution is 0.162. The van der Waals surface area contributed by atoms with E-state index in [1.54, 1.807) is 48.5 Å². The van der Waals surface area contributed by atoms with Crippen LogP contribution in [-0.4, -0.2) is 110 Å². The zero-order valence-electron chi connectivity index (χ0n) is 42.3. The topological polar surface area (TPSA) is 291 Å². The average molecular weight is 957 g/mol. The quantitative estimate of drug-likeness (QED) is 0.0685. The summed E-state index contributed by atoms with van der Waals surface area (Å²) in [7, 11) is 0. The van der Waals surface area contributed by atoms with E-state index in [1.807, 2.05) is 83.1 Å². The Labute approximate surface area is 404 Å². The Kier molecular flexibility index (Phi) is 25.7. The Hall–Kier alpha value is -4.40. The number of rotatable bonds is 16. The van der Waals surface area contributed by atoms with E-state index < -0.39 is 24.4 Å². The lowest BCUT2D eigenvalue weighted by Gasteiger charge is -2.23. The smallest absolute Gasteiger partial charge is 0.121 e. The fraction of sp³-hybridized carbons (Fsp3) is 0.538. The van der Waals surface area contributed by atoms with Crippen LogP contribution in [0.3, 0.4) is 0 Å². The summed E-state index contributed by atoms with van der Waals surface area (Å²) in [5, 5.41) is 126. The summed E-state index contributed by atoms with van der Waals surface area (Å²) in [6.45, 7) is 25.1. The van der Waals surface area contributed by atoms with Gasteiger partial charge in [-0.2, -0.15) is 0 Å². The monoisotopic (exact) mass is 957 g/mol. The van der Waals surface area contributed by atoms with Crippen molar-refractivity contribution in [3.63, 3.8) is 0 Å². The van der Waals surface area contributed by atoms with Gasteiger partial charge in [0.1, 0.15) is 23.0 Å². The van der Waals surface area contributed by atoms with Crippen LogP contribution in [-0.2, 0) is 26.4 Å². The number of hydrogen-bond acceptors (Lipinski definition) is 16. The standard InChI is InChI=1S/4C13H21NO3/c4*1-13(2,3)14-7-12(17)9-4-5-11(16)10(6-9)8-15/h4*4-6,12,14-17H,7-8H2,1-3H3. The molecule has 0 radical (unpaired) electrons. The highest BCUT2D eigenvalue weighted by molar-refractivity contribution is 5.39. The fourth-order valence-electron chi connectivity index (χ4n) is 5.84. The molecule has 0 saturated carbocycles. The molecule has 16 heteroatoms. The molecule has 0 aliphatic carbocycles. The van der Waals surface area contributed by atoms with Crippen molar-refractivity contribution in [3.8, 4) is 23.0 Å². The fourth-order valence-corrected chi connectivity index (χ4v) is 5.84. The Morgan fingerprint density at radius 1 is 0.324 bits per heavy atom. The van der Waals surface area contributed by atoms with E-state index in [-0.39, 0.29) is 71.6 Å². The van der Waals surface area contributed by atoms with Gasteiger partial charge in [0.05, 0.1) is 50.8 Å². The van der Waals surface area contributed by atoms with Gasteiger partial charge in [-0.15, -0.1) is 0 Å². The summed E-state index contributed by atoms with van der Waals surface area (Å²) in [5.74, 6) is 0.193. The maximum Gasteiger partial charge on any atom is 0.121 e. The minimum absolute atomic E-state index is 0.0484. The Morgan fingerprint density at radius 2 is 0.485 bits per heavy atom. The predicted molar refractivity (Wildman–Crippen MR) is 267 cm³/mol. The molecular formula is C52H84N4O12. The van der Waals surface area contributed by atoms with Gasteiger partial charge >= 0.3 is 0 Å². The molecule has 68 heavy (non-hydrogen) atoms. The van der Waals surface area contributed by atoms with Gasteiger partial charge in [-0.05, 0) is 154 Å². The minimum atomic E-state index is -0.653. The van der Waals surface area contributed by atoms with Crippen molar-refractivity contribution < 1.29 is 61.3 Å². The average Bonchev–Trinajstić information content (AvgIpc) is 3.26. The van der Waals surface area contributed by atoms with E-state index in [2.05, 4.69) is 21.3 Å². The van der Waals surface area contributed by atoms with Crippen molar-refractivity contribution in [1.82, 2.24) is 21.3 Å². The largest absolute Gasteiger partial charge is 0.508 e. The lowest BCUT2D eigenvalue weighted by Crippen LogP contribution is -2.38. The third-order valence-corrected chi connectivity index (χ3v) is 9.94. The molecule has 16 nitrogen and oxygen atoms in total. The van der Waals surface area contributed by atoms with E-state index in [0.29, 0.717) is 70.7 Å². The molecule has 0 spiro atoms. The third-order valence-electron chi connectivity index (χ3n) is 9.94. The van der Waals surface area contributed by atoms with Crippen molar-refractivity contribution in [3.05, 3.63) is 117 Å². The summed E-state index contributed by atoms with van der Waals surface area (Å²) >= 11 is 0. The number of hydrogen-bond donors (Lipinski definition) is 16. The molecule has 0 aliphatic heterocycles. The number of nitrogens with one attached hydrogen (secondary N) is 4. The molecule has 384 valence electrons. The predicted octanol–water partition coefficient (Wildman–Crippen LogP) is 5.22. The van der Waals surface area contributed by atoms with Gasteiger partial charge in [0.25, 0.3) is 0 Å².